The fourth-order valence-corrected chi connectivity index (χ4v) is 3.02. The minimum absolute atomic E-state index is 0.373. The van der Waals surface area contributed by atoms with E-state index in [9.17, 15) is 14.4 Å². The van der Waals surface area contributed by atoms with Crippen molar-refractivity contribution in [1.29, 1.82) is 0 Å². The summed E-state index contributed by atoms with van der Waals surface area (Å²) in [7, 11) is 0. The Labute approximate surface area is 180 Å². The fraction of sp³-hybridized carbons (Fsp3) is 0.864. The molecule has 0 heterocycles. The second-order valence-electron chi connectivity index (χ2n) is 7.80. The highest BCUT2D eigenvalue weighted by atomic mass is 16.4. The van der Waals surface area contributed by atoms with Crippen LogP contribution in [0, 0.1) is 0 Å². The van der Waals surface area contributed by atoms with E-state index in [0.717, 1.165) is 6.42 Å². The van der Waals surface area contributed by atoms with Gasteiger partial charge in [-0.15, -0.1) is 0 Å². The Balaban J connectivity index is 0. The topological polar surface area (TPSA) is 152 Å². The summed E-state index contributed by atoms with van der Waals surface area (Å²) in [5.74, 6) is -5.02. The van der Waals surface area contributed by atoms with E-state index in [1.54, 1.807) is 0 Å². The normalized spacial score (nSPS) is 10.9. The number of carboxylic acid groups (broad SMARTS) is 3. The molecule has 0 amide bonds. The van der Waals surface area contributed by atoms with Gasteiger partial charge in [-0.3, -0.25) is 9.59 Å². The van der Waals surface area contributed by atoms with Crippen LogP contribution >= 0.6 is 0 Å². The van der Waals surface area contributed by atoms with Crippen molar-refractivity contribution in [2.45, 2.75) is 115 Å². The maximum absolute atomic E-state index is 10.3. The summed E-state index contributed by atoms with van der Waals surface area (Å²) in [6.45, 7) is 2.65. The molecule has 0 rings (SSSR count). The SMILES string of the molecule is CCCCCCCCCCCCCCCCO.O=C(O)CC(O)(CC(=O)O)C(=O)O. The third-order valence-corrected chi connectivity index (χ3v) is 4.80. The third-order valence-electron chi connectivity index (χ3n) is 4.80. The van der Waals surface area contributed by atoms with E-state index in [1.807, 2.05) is 0 Å². The van der Waals surface area contributed by atoms with Crippen molar-refractivity contribution in [1.82, 2.24) is 0 Å². The van der Waals surface area contributed by atoms with Gasteiger partial charge in [0.2, 0.25) is 0 Å². The molecule has 0 spiro atoms. The Hall–Kier alpha value is -1.67. The molecule has 8 nitrogen and oxygen atoms in total. The van der Waals surface area contributed by atoms with Gasteiger partial charge in [0.25, 0.3) is 0 Å². The van der Waals surface area contributed by atoms with Crippen LogP contribution in [0.1, 0.15) is 110 Å². The molecule has 0 aromatic rings. The average Bonchev–Trinajstić information content (AvgIpc) is 2.64. The van der Waals surface area contributed by atoms with Crippen molar-refractivity contribution in [3.05, 3.63) is 0 Å². The lowest BCUT2D eigenvalue weighted by Crippen LogP contribution is -2.42. The van der Waals surface area contributed by atoms with Gasteiger partial charge in [-0.2, -0.15) is 0 Å². The first-order chi connectivity index (χ1) is 14.2. The number of aliphatic hydroxyl groups is 2. The zero-order valence-electron chi connectivity index (χ0n) is 18.5. The maximum Gasteiger partial charge on any atom is 0.336 e. The zero-order valence-corrected chi connectivity index (χ0v) is 18.5. The molecule has 0 saturated heterocycles. The van der Waals surface area contributed by atoms with Crippen LogP contribution in [0.2, 0.25) is 0 Å². The number of hydrogen-bond acceptors (Lipinski definition) is 5. The van der Waals surface area contributed by atoms with Gasteiger partial charge in [0.05, 0.1) is 12.8 Å². The quantitative estimate of drug-likeness (QED) is 0.190. The molecule has 0 saturated carbocycles. The van der Waals surface area contributed by atoms with Gasteiger partial charge in [-0.05, 0) is 6.42 Å². The molecule has 0 aromatic heterocycles. The summed E-state index contributed by atoms with van der Waals surface area (Å²) < 4.78 is 0. The van der Waals surface area contributed by atoms with Gasteiger partial charge in [0.15, 0.2) is 5.60 Å². The standard InChI is InChI=1S/C16H34O.C6H8O7/c1-2-3-4-5-6-7-8-9-10-11-12-13-14-15-16-17;7-3(8)1-6(13,5(11)12)2-4(9)10/h17H,2-16H2,1H3;13H,1-2H2,(H,7,8)(H,9,10)(H,11,12). The molecular weight excluding hydrogens is 392 g/mol. The first-order valence-electron chi connectivity index (χ1n) is 11.2. The van der Waals surface area contributed by atoms with E-state index in [2.05, 4.69) is 6.92 Å². The number of hydrogen-bond donors (Lipinski definition) is 5. The summed E-state index contributed by atoms with van der Waals surface area (Å²) in [5, 5.41) is 42.5. The number of carbonyl (C=O) groups is 3. The van der Waals surface area contributed by atoms with E-state index in [0.29, 0.717) is 6.61 Å². The van der Waals surface area contributed by atoms with Gasteiger partial charge >= 0.3 is 17.9 Å². The second-order valence-corrected chi connectivity index (χ2v) is 7.80. The van der Waals surface area contributed by atoms with Crippen molar-refractivity contribution in [2.24, 2.45) is 0 Å². The molecular formula is C22H42O8. The van der Waals surface area contributed by atoms with Gasteiger partial charge in [-0.1, -0.05) is 90.4 Å². The van der Waals surface area contributed by atoms with Crippen LogP contribution in [-0.4, -0.2) is 55.6 Å². The highest BCUT2D eigenvalue weighted by Gasteiger charge is 2.40. The van der Waals surface area contributed by atoms with E-state index in [4.69, 9.17) is 25.5 Å². The minimum Gasteiger partial charge on any atom is -0.481 e. The number of rotatable bonds is 19. The first-order valence-corrected chi connectivity index (χ1v) is 11.2. The van der Waals surface area contributed by atoms with Gasteiger partial charge in [-0.25, -0.2) is 4.79 Å². The number of aliphatic carboxylic acids is 3. The third kappa shape index (κ3) is 21.0. The lowest BCUT2D eigenvalue weighted by Gasteiger charge is -2.18. The lowest BCUT2D eigenvalue weighted by molar-refractivity contribution is -0.170. The van der Waals surface area contributed by atoms with Crippen LogP contribution in [0.15, 0.2) is 0 Å². The lowest BCUT2D eigenvalue weighted by atomic mass is 9.96. The Bertz CT molecular complexity index is 420. The zero-order chi connectivity index (χ0) is 23.3. The van der Waals surface area contributed by atoms with Crippen LogP contribution in [0.5, 0.6) is 0 Å². The van der Waals surface area contributed by atoms with E-state index in [1.165, 1.54) is 83.5 Å². The number of carboxylic acids is 3. The molecule has 0 radical (unpaired) electrons. The summed E-state index contributed by atoms with van der Waals surface area (Å²) in [6, 6.07) is 0. The fourth-order valence-electron chi connectivity index (χ4n) is 3.02. The van der Waals surface area contributed by atoms with E-state index in [-0.39, 0.29) is 0 Å². The Morgan fingerprint density at radius 2 is 0.900 bits per heavy atom. The molecule has 178 valence electrons. The van der Waals surface area contributed by atoms with Crippen molar-refractivity contribution in [3.63, 3.8) is 0 Å². The predicted octanol–water partition coefficient (Wildman–Crippen LogP) is 4.21. The van der Waals surface area contributed by atoms with Crippen molar-refractivity contribution < 1.29 is 39.9 Å². The molecule has 0 aliphatic carbocycles. The molecule has 0 aromatic carbocycles. The molecule has 30 heavy (non-hydrogen) atoms. The summed E-state index contributed by atoms with van der Waals surface area (Å²) >= 11 is 0. The Kier molecular flexibility index (Phi) is 21.0. The largest absolute Gasteiger partial charge is 0.481 e. The molecule has 0 bridgehead atoms. The second kappa shape index (κ2) is 20.6. The summed E-state index contributed by atoms with van der Waals surface area (Å²) in [5.41, 5.74) is -2.74. The van der Waals surface area contributed by atoms with Crippen LogP contribution in [0.3, 0.4) is 0 Å². The number of unbranched alkanes of at least 4 members (excludes halogenated alkanes) is 13. The van der Waals surface area contributed by atoms with E-state index >= 15 is 0 Å². The molecule has 0 aliphatic heterocycles. The van der Waals surface area contributed by atoms with Crippen LogP contribution in [0.25, 0.3) is 0 Å². The predicted molar refractivity (Wildman–Crippen MR) is 114 cm³/mol. The van der Waals surface area contributed by atoms with Crippen LogP contribution < -0.4 is 0 Å². The average molecular weight is 435 g/mol. The van der Waals surface area contributed by atoms with Crippen molar-refractivity contribution in [2.75, 3.05) is 6.61 Å². The van der Waals surface area contributed by atoms with Crippen LogP contribution in [0.4, 0.5) is 0 Å². The van der Waals surface area contributed by atoms with Gasteiger partial charge < -0.3 is 25.5 Å². The molecule has 0 unspecified atom stereocenters. The highest BCUT2D eigenvalue weighted by molar-refractivity contribution is 5.88. The summed E-state index contributed by atoms with van der Waals surface area (Å²) in [6.07, 6.45) is 16.9. The van der Waals surface area contributed by atoms with Gasteiger partial charge in [0, 0.05) is 6.61 Å². The van der Waals surface area contributed by atoms with Crippen LogP contribution in [-0.2, 0) is 14.4 Å². The number of aliphatic hydroxyl groups excluding tert-OH is 1. The first kappa shape index (κ1) is 30.5. The Morgan fingerprint density at radius 3 is 1.13 bits per heavy atom. The molecule has 5 N–H and O–H groups in total. The maximum atomic E-state index is 10.3. The van der Waals surface area contributed by atoms with Crippen molar-refractivity contribution >= 4 is 17.9 Å². The molecule has 0 aliphatic rings. The smallest absolute Gasteiger partial charge is 0.336 e. The monoisotopic (exact) mass is 434 g/mol. The molecule has 8 heteroatoms. The Morgan fingerprint density at radius 1 is 0.600 bits per heavy atom. The molecule has 0 fully saturated rings. The van der Waals surface area contributed by atoms with Gasteiger partial charge in [0.1, 0.15) is 0 Å². The van der Waals surface area contributed by atoms with E-state index < -0.39 is 36.4 Å². The highest BCUT2D eigenvalue weighted by Crippen LogP contribution is 2.16. The summed E-state index contributed by atoms with van der Waals surface area (Å²) in [4.78, 5) is 30.5. The molecule has 0 atom stereocenters. The minimum atomic E-state index is -2.74. The van der Waals surface area contributed by atoms with Crippen molar-refractivity contribution in [3.8, 4) is 0 Å².